The number of nitrogens with one attached hydrogen (secondary N) is 1. The molecule has 0 amide bonds. The molecule has 0 aliphatic heterocycles. The molecule has 0 spiro atoms. The molecule has 1 aliphatic carbocycles. The van der Waals surface area contributed by atoms with Gasteiger partial charge in [-0.15, -0.1) is 0 Å². The lowest BCUT2D eigenvalue weighted by atomic mass is 9.99. The highest BCUT2D eigenvalue weighted by molar-refractivity contribution is 4.89. The second-order valence-corrected chi connectivity index (χ2v) is 6.07. The van der Waals surface area contributed by atoms with Crippen molar-refractivity contribution in [3.05, 3.63) is 0 Å². The van der Waals surface area contributed by atoms with Crippen LogP contribution in [-0.2, 0) is 4.74 Å². The van der Waals surface area contributed by atoms with Crippen molar-refractivity contribution in [2.45, 2.75) is 89.7 Å². The predicted molar refractivity (Wildman–Crippen MR) is 81.9 cm³/mol. The highest BCUT2D eigenvalue weighted by Crippen LogP contribution is 2.36. The van der Waals surface area contributed by atoms with Gasteiger partial charge in [0.1, 0.15) is 0 Å². The summed E-state index contributed by atoms with van der Waals surface area (Å²) in [6.45, 7) is 2.27. The lowest BCUT2D eigenvalue weighted by Gasteiger charge is -2.25. The Balaban J connectivity index is 1.99. The van der Waals surface area contributed by atoms with Crippen LogP contribution in [0.5, 0.6) is 0 Å². The van der Waals surface area contributed by atoms with Crippen LogP contribution in [0.3, 0.4) is 0 Å². The molecule has 3 heteroatoms. The Morgan fingerprint density at radius 2 is 1.63 bits per heavy atom. The molecule has 0 aromatic rings. The summed E-state index contributed by atoms with van der Waals surface area (Å²) >= 11 is 0. The molecule has 0 bridgehead atoms. The van der Waals surface area contributed by atoms with Crippen molar-refractivity contribution >= 4 is 0 Å². The van der Waals surface area contributed by atoms with Gasteiger partial charge in [-0.1, -0.05) is 58.3 Å². The zero-order chi connectivity index (χ0) is 13.9. The van der Waals surface area contributed by atoms with E-state index in [-0.39, 0.29) is 0 Å². The molecule has 0 aromatic carbocycles. The largest absolute Gasteiger partial charge is 0.379 e. The van der Waals surface area contributed by atoms with E-state index in [4.69, 9.17) is 10.6 Å². The summed E-state index contributed by atoms with van der Waals surface area (Å²) in [5, 5.41) is 0. The van der Waals surface area contributed by atoms with E-state index in [1.807, 2.05) is 7.11 Å². The fourth-order valence-electron chi connectivity index (χ4n) is 2.95. The fourth-order valence-corrected chi connectivity index (χ4v) is 2.95. The summed E-state index contributed by atoms with van der Waals surface area (Å²) in [7, 11) is 1.82. The minimum Gasteiger partial charge on any atom is -0.379 e. The predicted octanol–water partition coefficient (Wildman–Crippen LogP) is 3.77. The second-order valence-electron chi connectivity index (χ2n) is 6.07. The number of hydrogen-bond donors (Lipinski definition) is 2. The Morgan fingerprint density at radius 3 is 2.11 bits per heavy atom. The van der Waals surface area contributed by atoms with Crippen LogP contribution in [0, 0.1) is 5.92 Å². The molecule has 1 rings (SSSR count). The molecule has 2 unspecified atom stereocenters. The lowest BCUT2D eigenvalue weighted by Crippen LogP contribution is -2.45. The minimum absolute atomic E-state index is 0.328. The summed E-state index contributed by atoms with van der Waals surface area (Å²) in [6, 6.07) is 0.345. The minimum atomic E-state index is 0.328. The first-order chi connectivity index (χ1) is 9.33. The number of ether oxygens (including phenoxy) is 1. The van der Waals surface area contributed by atoms with Gasteiger partial charge in [0.05, 0.1) is 6.10 Å². The normalized spacial score (nSPS) is 18.5. The molecule has 3 N–H and O–H groups in total. The van der Waals surface area contributed by atoms with Crippen LogP contribution < -0.4 is 11.3 Å². The molecule has 19 heavy (non-hydrogen) atoms. The molecule has 3 nitrogen and oxygen atoms in total. The van der Waals surface area contributed by atoms with Gasteiger partial charge in [0.25, 0.3) is 0 Å². The summed E-state index contributed by atoms with van der Waals surface area (Å²) in [4.78, 5) is 0. The standard InChI is InChI=1S/C16H34N2O/c1-3-4-5-6-7-8-9-10-11-15(18-17)16(19-2)14-12-13-14/h14-16,18H,3-13,17H2,1-2H3. The van der Waals surface area contributed by atoms with E-state index < -0.39 is 0 Å². The van der Waals surface area contributed by atoms with Crippen LogP contribution in [0.4, 0.5) is 0 Å². The molecule has 0 aromatic heterocycles. The van der Waals surface area contributed by atoms with Gasteiger partial charge in [0.15, 0.2) is 0 Å². The average molecular weight is 270 g/mol. The molecule has 1 saturated carbocycles. The van der Waals surface area contributed by atoms with E-state index in [0.717, 1.165) is 12.3 Å². The Hall–Kier alpha value is -0.120. The summed E-state index contributed by atoms with van der Waals surface area (Å²) in [5.41, 5.74) is 2.97. The highest BCUT2D eigenvalue weighted by Gasteiger charge is 2.36. The van der Waals surface area contributed by atoms with Crippen molar-refractivity contribution in [3.8, 4) is 0 Å². The number of hydrazine groups is 1. The number of methoxy groups -OCH3 is 1. The zero-order valence-electron chi connectivity index (χ0n) is 13.0. The van der Waals surface area contributed by atoms with E-state index >= 15 is 0 Å². The number of nitrogens with two attached hydrogens (primary N) is 1. The van der Waals surface area contributed by atoms with Gasteiger partial charge in [-0.3, -0.25) is 11.3 Å². The maximum absolute atomic E-state index is 5.68. The lowest BCUT2D eigenvalue weighted by molar-refractivity contribution is 0.0475. The summed E-state index contributed by atoms with van der Waals surface area (Å²) in [6.07, 6.45) is 15.1. The van der Waals surface area contributed by atoms with Gasteiger partial charge in [-0.25, -0.2) is 0 Å². The van der Waals surface area contributed by atoms with Crippen molar-refractivity contribution in [1.29, 1.82) is 0 Å². The first kappa shape index (κ1) is 16.9. The monoisotopic (exact) mass is 270 g/mol. The van der Waals surface area contributed by atoms with Crippen LogP contribution in [0.1, 0.15) is 77.6 Å². The molecular formula is C16H34N2O. The van der Waals surface area contributed by atoms with Crippen molar-refractivity contribution in [3.63, 3.8) is 0 Å². The Bertz CT molecular complexity index is 207. The quantitative estimate of drug-likeness (QED) is 0.304. The second kappa shape index (κ2) is 10.6. The first-order valence-corrected chi connectivity index (χ1v) is 8.32. The Morgan fingerprint density at radius 1 is 1.05 bits per heavy atom. The van der Waals surface area contributed by atoms with Gasteiger partial charge in [-0.05, 0) is 25.2 Å². The molecule has 114 valence electrons. The van der Waals surface area contributed by atoms with Gasteiger partial charge < -0.3 is 4.74 Å². The SMILES string of the molecule is CCCCCCCCCCC(NN)C(OC)C1CC1. The van der Waals surface area contributed by atoms with Gasteiger partial charge in [0, 0.05) is 13.2 Å². The molecule has 0 saturated heterocycles. The Labute approximate surface area is 119 Å². The van der Waals surface area contributed by atoms with Crippen LogP contribution in [0.2, 0.25) is 0 Å². The average Bonchev–Trinajstić information content (AvgIpc) is 3.25. The molecule has 1 aliphatic rings. The topological polar surface area (TPSA) is 47.3 Å². The Kier molecular flexibility index (Phi) is 9.48. The van der Waals surface area contributed by atoms with E-state index in [9.17, 15) is 0 Å². The smallest absolute Gasteiger partial charge is 0.0765 e. The third kappa shape index (κ3) is 7.28. The van der Waals surface area contributed by atoms with Gasteiger partial charge in [0.2, 0.25) is 0 Å². The third-order valence-corrected chi connectivity index (χ3v) is 4.34. The molecular weight excluding hydrogens is 236 g/mol. The number of unbranched alkanes of at least 4 members (excludes halogenated alkanes) is 7. The molecule has 2 atom stereocenters. The van der Waals surface area contributed by atoms with Gasteiger partial charge in [-0.2, -0.15) is 0 Å². The number of rotatable bonds is 13. The van der Waals surface area contributed by atoms with E-state index in [2.05, 4.69) is 12.3 Å². The van der Waals surface area contributed by atoms with Crippen molar-refractivity contribution in [1.82, 2.24) is 5.43 Å². The highest BCUT2D eigenvalue weighted by atomic mass is 16.5. The van der Waals surface area contributed by atoms with E-state index in [0.29, 0.717) is 12.1 Å². The molecule has 0 radical (unpaired) electrons. The first-order valence-electron chi connectivity index (χ1n) is 8.32. The maximum Gasteiger partial charge on any atom is 0.0765 e. The van der Waals surface area contributed by atoms with E-state index in [1.54, 1.807) is 0 Å². The maximum atomic E-state index is 5.68. The molecule has 1 fully saturated rings. The third-order valence-electron chi connectivity index (χ3n) is 4.34. The van der Waals surface area contributed by atoms with Crippen molar-refractivity contribution in [2.75, 3.05) is 7.11 Å². The van der Waals surface area contributed by atoms with Crippen molar-refractivity contribution in [2.24, 2.45) is 11.8 Å². The van der Waals surface area contributed by atoms with Gasteiger partial charge >= 0.3 is 0 Å². The van der Waals surface area contributed by atoms with Crippen LogP contribution in [0.15, 0.2) is 0 Å². The van der Waals surface area contributed by atoms with Crippen LogP contribution >= 0.6 is 0 Å². The summed E-state index contributed by atoms with van der Waals surface area (Å²) in [5.74, 6) is 6.43. The van der Waals surface area contributed by atoms with Crippen LogP contribution in [-0.4, -0.2) is 19.3 Å². The van der Waals surface area contributed by atoms with Crippen LogP contribution in [0.25, 0.3) is 0 Å². The van der Waals surface area contributed by atoms with Crippen molar-refractivity contribution < 1.29 is 4.74 Å². The fraction of sp³-hybridized carbons (Fsp3) is 1.00. The number of hydrogen-bond acceptors (Lipinski definition) is 3. The zero-order valence-corrected chi connectivity index (χ0v) is 13.0. The van der Waals surface area contributed by atoms with E-state index in [1.165, 1.54) is 64.2 Å². The molecule has 0 heterocycles. The summed E-state index contributed by atoms with van der Waals surface area (Å²) < 4.78 is 5.61.